The van der Waals surface area contributed by atoms with Crippen LogP contribution in [0.5, 0.6) is 0 Å². The third-order valence-corrected chi connectivity index (χ3v) is 3.41. The van der Waals surface area contributed by atoms with Gasteiger partial charge in [0.2, 0.25) is 0 Å². The topological polar surface area (TPSA) is 69.0 Å². The molecule has 0 aromatic carbocycles. The van der Waals surface area contributed by atoms with Crippen LogP contribution in [0.25, 0.3) is 0 Å². The number of ether oxygens (including phenoxy) is 1. The average Bonchev–Trinajstić information content (AvgIpc) is 2.52. The van der Waals surface area contributed by atoms with Crippen molar-refractivity contribution < 1.29 is 4.74 Å². The summed E-state index contributed by atoms with van der Waals surface area (Å²) in [6, 6.07) is 3.77. The Morgan fingerprint density at radius 1 is 1.48 bits per heavy atom. The molecule has 0 aliphatic rings. The molecule has 21 heavy (non-hydrogen) atoms. The van der Waals surface area contributed by atoms with Crippen molar-refractivity contribution in [2.24, 2.45) is 0 Å². The molecule has 0 saturated carbocycles. The summed E-state index contributed by atoms with van der Waals surface area (Å²) < 4.78 is 6.21. The monoisotopic (exact) mass is 308 g/mol. The molecule has 0 aliphatic heterocycles. The lowest BCUT2D eigenvalue weighted by Gasteiger charge is -2.16. The number of rotatable bonds is 6. The van der Waals surface area contributed by atoms with Crippen molar-refractivity contribution in [1.82, 2.24) is 14.8 Å². The van der Waals surface area contributed by atoms with Crippen molar-refractivity contribution in [3.05, 3.63) is 51.7 Å². The van der Waals surface area contributed by atoms with Gasteiger partial charge in [0.15, 0.2) is 0 Å². The molecule has 0 amide bonds. The highest BCUT2D eigenvalue weighted by Gasteiger charge is 2.12. The summed E-state index contributed by atoms with van der Waals surface area (Å²) in [5, 5.41) is 7.38. The molecule has 2 aromatic rings. The van der Waals surface area contributed by atoms with Gasteiger partial charge < -0.3 is 10.1 Å². The number of halogens is 1. The van der Waals surface area contributed by atoms with Gasteiger partial charge >= 0.3 is 0 Å². The van der Waals surface area contributed by atoms with Crippen LogP contribution in [0.1, 0.15) is 18.5 Å². The predicted octanol–water partition coefficient (Wildman–Crippen LogP) is 2.11. The maximum atomic E-state index is 12.1. The number of nitrogens with one attached hydrogen (secondary N) is 1. The van der Waals surface area contributed by atoms with E-state index in [9.17, 15) is 4.79 Å². The van der Waals surface area contributed by atoms with Crippen molar-refractivity contribution >= 4 is 17.3 Å². The van der Waals surface area contributed by atoms with Crippen LogP contribution < -0.4 is 10.9 Å². The molecule has 112 valence electrons. The molecule has 0 spiro atoms. The smallest absolute Gasteiger partial charge is 0.287 e. The summed E-state index contributed by atoms with van der Waals surface area (Å²) in [4.78, 5) is 16.1. The van der Waals surface area contributed by atoms with Gasteiger partial charge in [-0.2, -0.15) is 5.10 Å². The van der Waals surface area contributed by atoms with E-state index in [-0.39, 0.29) is 16.6 Å². The Labute approximate surface area is 127 Å². The minimum Gasteiger partial charge on any atom is -0.383 e. The zero-order valence-electron chi connectivity index (χ0n) is 11.9. The van der Waals surface area contributed by atoms with Crippen LogP contribution in [0.2, 0.25) is 5.02 Å². The molecule has 0 radical (unpaired) electrons. The summed E-state index contributed by atoms with van der Waals surface area (Å²) in [6.07, 6.45) is 5.02. The quantitative estimate of drug-likeness (QED) is 0.885. The highest BCUT2D eigenvalue weighted by atomic mass is 35.5. The molecular formula is C14H17ClN4O2. The number of nitrogens with zero attached hydrogens (tertiary/aromatic N) is 3. The first-order valence-electron chi connectivity index (χ1n) is 6.54. The van der Waals surface area contributed by atoms with E-state index in [1.807, 2.05) is 19.1 Å². The lowest BCUT2D eigenvalue weighted by molar-refractivity contribution is 0.182. The van der Waals surface area contributed by atoms with Gasteiger partial charge in [-0.15, -0.1) is 0 Å². The number of methoxy groups -OCH3 is 1. The second kappa shape index (κ2) is 7.19. The Morgan fingerprint density at radius 2 is 2.29 bits per heavy atom. The van der Waals surface area contributed by atoms with Crippen molar-refractivity contribution in [3.8, 4) is 0 Å². The number of anilines is 1. The van der Waals surface area contributed by atoms with Gasteiger partial charge in [0.1, 0.15) is 5.02 Å². The number of hydrogen-bond acceptors (Lipinski definition) is 5. The Morgan fingerprint density at radius 3 is 2.95 bits per heavy atom. The fourth-order valence-corrected chi connectivity index (χ4v) is 2.05. The minimum atomic E-state index is -0.336. The molecule has 2 rings (SSSR count). The average molecular weight is 309 g/mol. The fourth-order valence-electron chi connectivity index (χ4n) is 1.85. The minimum absolute atomic E-state index is 0.0350. The zero-order chi connectivity index (χ0) is 15.2. The van der Waals surface area contributed by atoms with E-state index in [0.717, 1.165) is 5.56 Å². The van der Waals surface area contributed by atoms with Crippen LogP contribution >= 0.6 is 11.6 Å². The van der Waals surface area contributed by atoms with Gasteiger partial charge in [-0.1, -0.05) is 17.7 Å². The maximum Gasteiger partial charge on any atom is 0.287 e. The highest BCUT2D eigenvalue weighted by Crippen LogP contribution is 2.22. The third-order valence-electron chi connectivity index (χ3n) is 3.05. The molecule has 0 bridgehead atoms. The largest absolute Gasteiger partial charge is 0.383 e. The van der Waals surface area contributed by atoms with Gasteiger partial charge in [0.05, 0.1) is 31.1 Å². The molecule has 1 atom stereocenters. The summed E-state index contributed by atoms with van der Waals surface area (Å²) in [6.45, 7) is 2.74. The number of aromatic nitrogens is 3. The molecule has 0 saturated heterocycles. The summed E-state index contributed by atoms with van der Waals surface area (Å²) in [5.41, 5.74) is 1.17. The zero-order valence-corrected chi connectivity index (χ0v) is 12.7. The van der Waals surface area contributed by atoms with Gasteiger partial charge in [0, 0.05) is 19.5 Å². The van der Waals surface area contributed by atoms with E-state index < -0.39 is 0 Å². The fraction of sp³-hybridized carbons (Fsp3) is 0.357. The van der Waals surface area contributed by atoms with E-state index in [1.54, 1.807) is 25.7 Å². The molecule has 7 heteroatoms. The van der Waals surface area contributed by atoms with Crippen molar-refractivity contribution in [2.75, 3.05) is 19.0 Å². The Hall–Kier alpha value is -1.92. The van der Waals surface area contributed by atoms with Gasteiger partial charge in [0.25, 0.3) is 5.56 Å². The van der Waals surface area contributed by atoms with Crippen LogP contribution in [-0.4, -0.2) is 28.5 Å². The summed E-state index contributed by atoms with van der Waals surface area (Å²) in [5.74, 6) is 0. The number of hydrogen-bond donors (Lipinski definition) is 1. The summed E-state index contributed by atoms with van der Waals surface area (Å²) >= 11 is 6.12. The van der Waals surface area contributed by atoms with E-state index in [2.05, 4.69) is 15.4 Å². The first kappa shape index (κ1) is 15.5. The lowest BCUT2D eigenvalue weighted by Crippen LogP contribution is -2.26. The summed E-state index contributed by atoms with van der Waals surface area (Å²) in [7, 11) is 1.57. The van der Waals surface area contributed by atoms with Crippen LogP contribution in [0.3, 0.4) is 0 Å². The molecule has 2 aromatic heterocycles. The molecule has 1 unspecified atom stereocenters. The molecular weight excluding hydrogens is 292 g/mol. The van der Waals surface area contributed by atoms with Crippen molar-refractivity contribution in [2.45, 2.75) is 19.5 Å². The van der Waals surface area contributed by atoms with E-state index in [0.29, 0.717) is 18.8 Å². The number of pyridine rings is 1. The molecule has 6 nitrogen and oxygen atoms in total. The standard InChI is InChI=1S/C14H17ClN4O2/c1-10(11-4-3-5-16-8-11)18-12-9-17-19(6-7-21-2)14(20)13(12)15/h3-5,8-10,18H,6-7H2,1-2H3. The Balaban J connectivity index is 2.18. The van der Waals surface area contributed by atoms with Gasteiger partial charge in [-0.3, -0.25) is 9.78 Å². The molecule has 0 fully saturated rings. The maximum absolute atomic E-state index is 12.1. The van der Waals surface area contributed by atoms with Gasteiger partial charge in [-0.05, 0) is 18.6 Å². The Kier molecular flexibility index (Phi) is 5.30. The third kappa shape index (κ3) is 3.80. The van der Waals surface area contributed by atoms with Crippen LogP contribution in [0, 0.1) is 0 Å². The van der Waals surface area contributed by atoms with Crippen LogP contribution in [0.4, 0.5) is 5.69 Å². The Bertz CT molecular complexity index is 645. The van der Waals surface area contributed by atoms with Crippen molar-refractivity contribution in [1.29, 1.82) is 0 Å². The molecule has 0 aliphatic carbocycles. The second-order valence-corrected chi connectivity index (χ2v) is 4.92. The highest BCUT2D eigenvalue weighted by molar-refractivity contribution is 6.32. The van der Waals surface area contributed by atoms with Crippen molar-refractivity contribution in [3.63, 3.8) is 0 Å². The van der Waals surface area contributed by atoms with E-state index in [1.165, 1.54) is 4.68 Å². The van der Waals surface area contributed by atoms with Gasteiger partial charge in [-0.25, -0.2) is 4.68 Å². The van der Waals surface area contributed by atoms with E-state index >= 15 is 0 Å². The molecule has 2 heterocycles. The first-order valence-corrected chi connectivity index (χ1v) is 6.92. The first-order chi connectivity index (χ1) is 10.1. The lowest BCUT2D eigenvalue weighted by atomic mass is 10.1. The van der Waals surface area contributed by atoms with E-state index in [4.69, 9.17) is 16.3 Å². The van der Waals surface area contributed by atoms with Crippen LogP contribution in [-0.2, 0) is 11.3 Å². The SMILES string of the molecule is COCCn1ncc(NC(C)c2cccnc2)c(Cl)c1=O. The molecule has 1 N–H and O–H groups in total. The van der Waals surface area contributed by atoms with Crippen LogP contribution in [0.15, 0.2) is 35.5 Å². The normalized spacial score (nSPS) is 12.1. The second-order valence-electron chi connectivity index (χ2n) is 4.55. The predicted molar refractivity (Wildman–Crippen MR) is 81.7 cm³/mol.